The molecule has 3 N–H and O–H groups in total. The molecule has 6 heteroatoms. The van der Waals surface area contributed by atoms with Crippen LogP contribution in [0.1, 0.15) is 81.3 Å². The second-order valence-corrected chi connectivity index (χ2v) is 10.9. The third-order valence-electron chi connectivity index (χ3n) is 8.15. The molecule has 0 bridgehead atoms. The van der Waals surface area contributed by atoms with Crippen molar-refractivity contribution in [3.8, 4) is 0 Å². The molecule has 3 fully saturated rings. The predicted molar refractivity (Wildman–Crippen MR) is 139 cm³/mol. The van der Waals surface area contributed by atoms with Crippen LogP contribution in [0.4, 0.5) is 17.5 Å². The van der Waals surface area contributed by atoms with Gasteiger partial charge in [0.1, 0.15) is 5.82 Å². The molecule has 34 heavy (non-hydrogen) atoms. The minimum atomic E-state index is -0.148. The standard InChI is InChI=1S/C28H41N5O/c1-20-5-4-8-24(17-20)31-28-29-18-26(27(32-28)30-23-9-11-25(34)12-10-23)22-13-15-33(16-14-22)19-21-6-2-3-7-21/h4-5,8,17-18,21-23,25,34H,2-3,6-7,9-16,19H2,1H3,(H2,29,30,31,32). The van der Waals surface area contributed by atoms with Crippen molar-refractivity contribution in [3.05, 3.63) is 41.6 Å². The monoisotopic (exact) mass is 463 g/mol. The first kappa shape index (κ1) is 23.6. The summed E-state index contributed by atoms with van der Waals surface area (Å²) in [4.78, 5) is 12.4. The van der Waals surface area contributed by atoms with Gasteiger partial charge in [0.25, 0.3) is 0 Å². The van der Waals surface area contributed by atoms with E-state index in [-0.39, 0.29) is 6.10 Å². The highest BCUT2D eigenvalue weighted by Gasteiger charge is 2.28. The Morgan fingerprint density at radius 2 is 1.76 bits per heavy atom. The number of aromatic nitrogens is 2. The first-order valence-corrected chi connectivity index (χ1v) is 13.5. The van der Waals surface area contributed by atoms with E-state index in [0.717, 1.165) is 43.1 Å². The number of hydrogen-bond acceptors (Lipinski definition) is 6. The molecular weight excluding hydrogens is 422 g/mol. The zero-order valence-electron chi connectivity index (χ0n) is 20.7. The minimum Gasteiger partial charge on any atom is -0.393 e. The molecular formula is C28H41N5O. The van der Waals surface area contributed by atoms with E-state index in [9.17, 15) is 5.11 Å². The van der Waals surface area contributed by atoms with Gasteiger partial charge in [-0.3, -0.25) is 0 Å². The lowest BCUT2D eigenvalue weighted by Crippen LogP contribution is -2.36. The fourth-order valence-corrected chi connectivity index (χ4v) is 6.12. The molecule has 3 aliphatic rings. The SMILES string of the molecule is Cc1cccc(Nc2ncc(C3CCN(CC4CCCC4)CC3)c(NC3CCC(O)CC3)n2)c1. The Bertz CT molecular complexity index is 928. The van der Waals surface area contributed by atoms with E-state index in [1.807, 2.05) is 0 Å². The molecule has 0 amide bonds. The van der Waals surface area contributed by atoms with Crippen LogP contribution in [0, 0.1) is 12.8 Å². The number of piperidine rings is 1. The average Bonchev–Trinajstić information content (AvgIpc) is 3.35. The van der Waals surface area contributed by atoms with Gasteiger partial charge in [0.2, 0.25) is 5.95 Å². The number of aliphatic hydroxyl groups excluding tert-OH is 1. The number of benzene rings is 1. The molecule has 1 saturated heterocycles. The molecule has 0 spiro atoms. The highest BCUT2D eigenvalue weighted by atomic mass is 16.3. The zero-order valence-corrected chi connectivity index (χ0v) is 20.7. The Kier molecular flexibility index (Phi) is 7.65. The molecule has 1 aliphatic heterocycles. The first-order valence-electron chi connectivity index (χ1n) is 13.5. The molecule has 2 heterocycles. The van der Waals surface area contributed by atoms with Crippen LogP contribution in [0.2, 0.25) is 0 Å². The van der Waals surface area contributed by atoms with Gasteiger partial charge in [-0.15, -0.1) is 0 Å². The number of rotatable bonds is 7. The van der Waals surface area contributed by atoms with Crippen molar-refractivity contribution in [1.29, 1.82) is 0 Å². The highest BCUT2D eigenvalue weighted by Crippen LogP contribution is 2.35. The Morgan fingerprint density at radius 3 is 2.50 bits per heavy atom. The molecule has 0 unspecified atom stereocenters. The van der Waals surface area contributed by atoms with Gasteiger partial charge < -0.3 is 20.6 Å². The average molecular weight is 464 g/mol. The molecule has 2 aromatic rings. The summed E-state index contributed by atoms with van der Waals surface area (Å²) in [5.74, 6) is 3.06. The van der Waals surface area contributed by atoms with Crippen molar-refractivity contribution in [3.63, 3.8) is 0 Å². The predicted octanol–water partition coefficient (Wildman–Crippen LogP) is 5.61. The molecule has 2 saturated carbocycles. The number of nitrogens with one attached hydrogen (secondary N) is 2. The molecule has 6 nitrogen and oxygen atoms in total. The summed E-state index contributed by atoms with van der Waals surface area (Å²) in [6.07, 6.45) is 13.7. The fourth-order valence-electron chi connectivity index (χ4n) is 6.12. The third kappa shape index (κ3) is 6.08. The molecule has 0 atom stereocenters. The van der Waals surface area contributed by atoms with Gasteiger partial charge >= 0.3 is 0 Å². The number of aryl methyl sites for hydroxylation is 1. The van der Waals surface area contributed by atoms with Crippen LogP contribution in [0.3, 0.4) is 0 Å². The lowest BCUT2D eigenvalue weighted by Gasteiger charge is -2.34. The second kappa shape index (κ2) is 11.0. The van der Waals surface area contributed by atoms with E-state index in [1.54, 1.807) is 0 Å². The second-order valence-electron chi connectivity index (χ2n) is 10.9. The number of hydrogen-bond donors (Lipinski definition) is 3. The third-order valence-corrected chi connectivity index (χ3v) is 8.15. The Morgan fingerprint density at radius 1 is 1.00 bits per heavy atom. The van der Waals surface area contributed by atoms with Crippen LogP contribution in [-0.4, -0.2) is 51.8 Å². The van der Waals surface area contributed by atoms with E-state index in [1.165, 1.54) is 69.3 Å². The van der Waals surface area contributed by atoms with Crippen molar-refractivity contribution < 1.29 is 5.11 Å². The van der Waals surface area contributed by atoms with Crippen molar-refractivity contribution in [1.82, 2.24) is 14.9 Å². The van der Waals surface area contributed by atoms with Crippen LogP contribution < -0.4 is 10.6 Å². The Hall–Kier alpha value is -2.18. The Labute approximate surface area is 204 Å². The molecule has 0 radical (unpaired) electrons. The maximum atomic E-state index is 9.94. The van der Waals surface area contributed by atoms with E-state index >= 15 is 0 Å². The highest BCUT2D eigenvalue weighted by molar-refractivity contribution is 5.57. The van der Waals surface area contributed by atoms with E-state index < -0.39 is 0 Å². The van der Waals surface area contributed by atoms with E-state index in [4.69, 9.17) is 9.97 Å². The van der Waals surface area contributed by atoms with Gasteiger partial charge in [-0.1, -0.05) is 25.0 Å². The summed E-state index contributed by atoms with van der Waals surface area (Å²) in [6.45, 7) is 5.75. The summed E-state index contributed by atoms with van der Waals surface area (Å²) >= 11 is 0. The number of aliphatic hydroxyl groups is 1. The van der Waals surface area contributed by atoms with Crippen LogP contribution in [0.25, 0.3) is 0 Å². The summed E-state index contributed by atoms with van der Waals surface area (Å²) in [7, 11) is 0. The maximum Gasteiger partial charge on any atom is 0.229 e. The maximum absolute atomic E-state index is 9.94. The van der Waals surface area contributed by atoms with Crippen molar-refractivity contribution in [2.75, 3.05) is 30.3 Å². The van der Waals surface area contributed by atoms with Gasteiger partial charge in [0.05, 0.1) is 6.10 Å². The molecule has 5 rings (SSSR count). The lowest BCUT2D eigenvalue weighted by atomic mass is 9.89. The lowest BCUT2D eigenvalue weighted by molar-refractivity contribution is 0.126. The Balaban J connectivity index is 1.29. The zero-order chi connectivity index (χ0) is 23.3. The number of likely N-dealkylation sites (tertiary alicyclic amines) is 1. The van der Waals surface area contributed by atoms with Crippen LogP contribution >= 0.6 is 0 Å². The largest absolute Gasteiger partial charge is 0.393 e. The molecule has 2 aliphatic carbocycles. The van der Waals surface area contributed by atoms with Crippen molar-refractivity contribution >= 4 is 17.5 Å². The van der Waals surface area contributed by atoms with Crippen molar-refractivity contribution in [2.45, 2.75) is 89.2 Å². The summed E-state index contributed by atoms with van der Waals surface area (Å²) in [5, 5.41) is 17.1. The summed E-state index contributed by atoms with van der Waals surface area (Å²) in [5.41, 5.74) is 3.49. The van der Waals surface area contributed by atoms with Crippen molar-refractivity contribution in [2.24, 2.45) is 5.92 Å². The quantitative estimate of drug-likeness (QED) is 0.495. The molecule has 1 aromatic heterocycles. The molecule has 1 aromatic carbocycles. The van der Waals surface area contributed by atoms with Crippen LogP contribution in [-0.2, 0) is 0 Å². The van der Waals surface area contributed by atoms with Gasteiger partial charge in [0, 0.05) is 30.0 Å². The first-order chi connectivity index (χ1) is 16.6. The van der Waals surface area contributed by atoms with E-state index in [2.05, 4.69) is 52.9 Å². The van der Waals surface area contributed by atoms with Gasteiger partial charge in [-0.05, 0) is 101 Å². The topological polar surface area (TPSA) is 73.3 Å². The van der Waals surface area contributed by atoms with Gasteiger partial charge in [0.15, 0.2) is 0 Å². The normalized spacial score (nSPS) is 24.9. The van der Waals surface area contributed by atoms with Crippen LogP contribution in [0.5, 0.6) is 0 Å². The van der Waals surface area contributed by atoms with E-state index in [0.29, 0.717) is 17.9 Å². The fraction of sp³-hybridized carbons (Fsp3) is 0.643. The number of nitrogens with zero attached hydrogens (tertiary/aromatic N) is 3. The minimum absolute atomic E-state index is 0.148. The van der Waals surface area contributed by atoms with Crippen LogP contribution in [0.15, 0.2) is 30.5 Å². The van der Waals surface area contributed by atoms with Gasteiger partial charge in [-0.25, -0.2) is 4.98 Å². The number of anilines is 3. The summed E-state index contributed by atoms with van der Waals surface area (Å²) < 4.78 is 0. The summed E-state index contributed by atoms with van der Waals surface area (Å²) in [6, 6.07) is 8.69. The van der Waals surface area contributed by atoms with Gasteiger partial charge in [-0.2, -0.15) is 4.98 Å². The smallest absolute Gasteiger partial charge is 0.229 e. The molecule has 184 valence electrons.